The lowest BCUT2D eigenvalue weighted by Gasteiger charge is -2.43. The number of fused-ring (bicyclic) bond motifs is 1. The van der Waals surface area contributed by atoms with Crippen molar-refractivity contribution in [2.75, 3.05) is 19.8 Å². The summed E-state index contributed by atoms with van der Waals surface area (Å²) in [7, 11) is -2.73. The van der Waals surface area contributed by atoms with Gasteiger partial charge in [0.1, 0.15) is 11.7 Å². The first kappa shape index (κ1) is 31.1. The van der Waals surface area contributed by atoms with E-state index in [1.54, 1.807) is 10.9 Å². The van der Waals surface area contributed by atoms with Crippen LogP contribution in [0.1, 0.15) is 31.9 Å². The molecule has 5 rings (SSSR count). The maximum atomic E-state index is 12.2. The molecule has 3 aromatic carbocycles. The van der Waals surface area contributed by atoms with Gasteiger partial charge in [-0.05, 0) is 46.5 Å². The molecule has 10 heteroatoms. The van der Waals surface area contributed by atoms with Crippen LogP contribution >= 0.6 is 0 Å². The Morgan fingerprint density at radius 2 is 1.59 bits per heavy atom. The van der Waals surface area contributed by atoms with Crippen LogP contribution in [0.2, 0.25) is 5.04 Å². The average molecular weight is 611 g/mol. The number of nitrogens with zero attached hydrogens (tertiary/aromatic N) is 4. The molecule has 1 unspecified atom stereocenters. The van der Waals surface area contributed by atoms with Crippen molar-refractivity contribution in [2.24, 2.45) is 0 Å². The summed E-state index contributed by atoms with van der Waals surface area (Å²) in [6, 6.07) is 26.8. The first-order valence-corrected chi connectivity index (χ1v) is 16.5. The van der Waals surface area contributed by atoms with Crippen LogP contribution in [0.15, 0.2) is 91.4 Å². The fourth-order valence-corrected chi connectivity index (χ4v) is 10.1. The van der Waals surface area contributed by atoms with Crippen molar-refractivity contribution in [3.05, 3.63) is 103 Å². The van der Waals surface area contributed by atoms with Gasteiger partial charge in [0, 0.05) is 0 Å². The number of rotatable bonds is 12. The first-order valence-electron chi connectivity index (χ1n) is 14.6. The molecule has 0 bridgehead atoms. The van der Waals surface area contributed by atoms with E-state index >= 15 is 0 Å². The summed E-state index contributed by atoms with van der Waals surface area (Å²) in [6.07, 6.45) is 1.65. The van der Waals surface area contributed by atoms with Crippen molar-refractivity contribution in [1.29, 1.82) is 0 Å². The van der Waals surface area contributed by atoms with Gasteiger partial charge in [0.05, 0.1) is 31.7 Å². The quantitative estimate of drug-likeness (QED) is 0.158. The maximum Gasteiger partial charge on any atom is 0.347 e. The molecule has 1 N–H and O–H groups in total. The standard InChI is InChI=1S/C34H38N4O5Si/c1-24-16-17-25(2)29(20-24)38-31-28(21-37-38)32(36-23-35-31)43-30(33(39)40)22-41-18-19-42-44(34(3,4)5,26-12-8-6-9-13-26)27-14-10-7-11-15-27/h6-17,20-21,23,30H,18-19,22H2,1-5H3,(H,39,40). The average Bonchev–Trinajstić information content (AvgIpc) is 3.44. The fraction of sp³-hybridized carbons (Fsp3) is 0.294. The molecule has 0 spiro atoms. The topological polar surface area (TPSA) is 109 Å². The molecule has 0 amide bonds. The molecule has 228 valence electrons. The van der Waals surface area contributed by atoms with Crippen LogP contribution in [0.4, 0.5) is 0 Å². The molecule has 0 radical (unpaired) electrons. The van der Waals surface area contributed by atoms with Gasteiger partial charge in [-0.25, -0.2) is 19.4 Å². The Morgan fingerprint density at radius 3 is 2.20 bits per heavy atom. The van der Waals surface area contributed by atoms with E-state index in [-0.39, 0.29) is 24.1 Å². The molecule has 0 saturated carbocycles. The van der Waals surface area contributed by atoms with Crippen molar-refractivity contribution in [3.8, 4) is 11.6 Å². The van der Waals surface area contributed by atoms with Gasteiger partial charge in [0.15, 0.2) is 5.65 Å². The van der Waals surface area contributed by atoms with Crippen molar-refractivity contribution < 1.29 is 23.8 Å². The van der Waals surface area contributed by atoms with Gasteiger partial charge in [0.25, 0.3) is 8.32 Å². The Morgan fingerprint density at radius 1 is 0.932 bits per heavy atom. The largest absolute Gasteiger partial charge is 0.478 e. The minimum atomic E-state index is -2.73. The lowest BCUT2D eigenvalue weighted by atomic mass is 10.1. The van der Waals surface area contributed by atoms with Crippen molar-refractivity contribution >= 4 is 35.7 Å². The summed E-state index contributed by atoms with van der Waals surface area (Å²) >= 11 is 0. The van der Waals surface area contributed by atoms with Crippen molar-refractivity contribution in [3.63, 3.8) is 0 Å². The van der Waals surface area contributed by atoms with E-state index in [0.29, 0.717) is 17.6 Å². The zero-order valence-electron chi connectivity index (χ0n) is 25.7. The summed E-state index contributed by atoms with van der Waals surface area (Å²) in [6.45, 7) is 10.9. The molecule has 5 aromatic rings. The Balaban J connectivity index is 1.30. The van der Waals surface area contributed by atoms with E-state index in [2.05, 4.69) is 60.1 Å². The van der Waals surface area contributed by atoms with Gasteiger partial charge in [-0.1, -0.05) is 93.6 Å². The van der Waals surface area contributed by atoms with Crippen LogP contribution in [0.3, 0.4) is 0 Å². The second-order valence-electron chi connectivity index (χ2n) is 11.8. The molecular formula is C34H38N4O5Si. The molecule has 9 nitrogen and oxygen atoms in total. The van der Waals surface area contributed by atoms with E-state index in [9.17, 15) is 9.90 Å². The Labute approximate surface area is 258 Å². The monoisotopic (exact) mass is 610 g/mol. The van der Waals surface area contributed by atoms with Crippen molar-refractivity contribution in [2.45, 2.75) is 45.8 Å². The van der Waals surface area contributed by atoms with Crippen LogP contribution in [-0.2, 0) is 14.0 Å². The van der Waals surface area contributed by atoms with Crippen molar-refractivity contribution in [1.82, 2.24) is 19.7 Å². The number of carbonyl (C=O) groups is 1. The zero-order chi connectivity index (χ0) is 31.3. The summed E-state index contributed by atoms with van der Waals surface area (Å²) in [5.74, 6) is -1.03. The molecule has 44 heavy (non-hydrogen) atoms. The lowest BCUT2D eigenvalue weighted by molar-refractivity contribution is -0.148. The van der Waals surface area contributed by atoms with Gasteiger partial charge in [0.2, 0.25) is 12.0 Å². The minimum Gasteiger partial charge on any atom is -0.478 e. The smallest absolute Gasteiger partial charge is 0.347 e. The number of ether oxygens (including phenoxy) is 2. The summed E-state index contributed by atoms with van der Waals surface area (Å²) in [5.41, 5.74) is 3.51. The number of hydrogen-bond acceptors (Lipinski definition) is 7. The first-order chi connectivity index (χ1) is 21.1. The lowest BCUT2D eigenvalue weighted by Crippen LogP contribution is -2.66. The van der Waals surface area contributed by atoms with E-state index in [4.69, 9.17) is 13.9 Å². The minimum absolute atomic E-state index is 0.131. The molecule has 2 heterocycles. The molecule has 0 aliphatic carbocycles. The molecular weight excluding hydrogens is 572 g/mol. The van der Waals surface area contributed by atoms with E-state index in [1.165, 1.54) is 16.7 Å². The zero-order valence-corrected chi connectivity index (χ0v) is 26.7. The number of carboxylic acid groups (broad SMARTS) is 1. The second kappa shape index (κ2) is 13.1. The second-order valence-corrected chi connectivity index (χ2v) is 16.1. The van der Waals surface area contributed by atoms with Crippen LogP contribution in [-0.4, -0.2) is 65.1 Å². The molecule has 0 fully saturated rings. The molecule has 0 aliphatic heterocycles. The Hall–Kier alpha value is -4.38. The summed E-state index contributed by atoms with van der Waals surface area (Å²) in [5, 5.41) is 17.1. The van der Waals surface area contributed by atoms with Crippen LogP contribution in [0.5, 0.6) is 5.88 Å². The third kappa shape index (κ3) is 6.28. The highest BCUT2D eigenvalue weighted by Gasteiger charge is 2.50. The molecule has 2 aromatic heterocycles. The highest BCUT2D eigenvalue weighted by molar-refractivity contribution is 6.99. The fourth-order valence-electron chi connectivity index (χ4n) is 5.54. The van der Waals surface area contributed by atoms with Crippen LogP contribution in [0.25, 0.3) is 16.7 Å². The SMILES string of the molecule is Cc1ccc(C)c(-n2ncc3c(OC(COCCO[Si](c4ccccc4)(c4ccccc4)C(C)(C)C)C(=O)O)ncnc32)c1. The van der Waals surface area contributed by atoms with Gasteiger partial charge in [-0.15, -0.1) is 0 Å². The molecule has 1 atom stereocenters. The van der Waals surface area contributed by atoms with Gasteiger partial charge < -0.3 is 19.0 Å². The normalized spacial score (nSPS) is 12.8. The highest BCUT2D eigenvalue weighted by Crippen LogP contribution is 2.36. The van der Waals surface area contributed by atoms with Gasteiger partial charge in [-0.2, -0.15) is 5.10 Å². The van der Waals surface area contributed by atoms with E-state index in [1.807, 2.05) is 68.4 Å². The summed E-state index contributed by atoms with van der Waals surface area (Å²) in [4.78, 5) is 20.8. The predicted molar refractivity (Wildman–Crippen MR) is 173 cm³/mol. The predicted octanol–water partition coefficient (Wildman–Crippen LogP) is 4.86. The number of carboxylic acids is 1. The van der Waals surface area contributed by atoms with Crippen LogP contribution < -0.4 is 15.1 Å². The van der Waals surface area contributed by atoms with E-state index < -0.39 is 20.4 Å². The number of benzene rings is 3. The molecule has 0 saturated heterocycles. The third-order valence-electron chi connectivity index (χ3n) is 7.68. The Bertz CT molecular complexity index is 1680. The van der Waals surface area contributed by atoms with Crippen LogP contribution in [0, 0.1) is 13.8 Å². The summed E-state index contributed by atoms with van der Waals surface area (Å²) < 4.78 is 20.3. The third-order valence-corrected chi connectivity index (χ3v) is 12.7. The maximum absolute atomic E-state index is 12.2. The number of aliphatic carboxylic acids is 1. The van der Waals surface area contributed by atoms with E-state index in [0.717, 1.165) is 16.8 Å². The van der Waals surface area contributed by atoms with Gasteiger partial charge in [-0.3, -0.25) is 0 Å². The number of aromatic nitrogens is 4. The van der Waals surface area contributed by atoms with Gasteiger partial charge >= 0.3 is 5.97 Å². The number of aryl methyl sites for hydroxylation is 2. The molecule has 0 aliphatic rings. The highest BCUT2D eigenvalue weighted by atomic mass is 28.4. The Kier molecular flexibility index (Phi) is 9.24. The number of hydrogen-bond donors (Lipinski definition) is 1.